The van der Waals surface area contributed by atoms with Gasteiger partial charge < -0.3 is 10.2 Å². The molecule has 28 heavy (non-hydrogen) atoms. The van der Waals surface area contributed by atoms with Crippen molar-refractivity contribution in [3.05, 3.63) is 77.6 Å². The van der Waals surface area contributed by atoms with Gasteiger partial charge in [0.05, 0.1) is 11.4 Å². The first-order chi connectivity index (χ1) is 13.5. The molecule has 0 spiro atoms. The molecule has 1 atom stereocenters. The van der Waals surface area contributed by atoms with Gasteiger partial charge in [-0.05, 0) is 24.3 Å². The second-order valence-corrected chi connectivity index (χ2v) is 6.66. The average Bonchev–Trinajstić information content (AvgIpc) is 3.09. The van der Waals surface area contributed by atoms with Crippen molar-refractivity contribution in [1.29, 1.82) is 0 Å². The fourth-order valence-corrected chi connectivity index (χ4v) is 3.37. The van der Waals surface area contributed by atoms with Crippen LogP contribution in [0.5, 0.6) is 0 Å². The fraction of sp³-hybridized carbons (Fsp3) is 0.200. The van der Waals surface area contributed by atoms with Crippen molar-refractivity contribution in [1.82, 2.24) is 19.7 Å². The molecule has 1 aromatic carbocycles. The topological polar surface area (TPSA) is 80.1 Å². The van der Waals surface area contributed by atoms with Gasteiger partial charge in [-0.2, -0.15) is 5.10 Å². The summed E-state index contributed by atoms with van der Waals surface area (Å²) < 4.78 is 15.6. The number of amides is 2. The lowest BCUT2D eigenvalue weighted by Crippen LogP contribution is -2.42. The van der Waals surface area contributed by atoms with Crippen LogP contribution in [0, 0.1) is 5.82 Å². The lowest BCUT2D eigenvalue weighted by atomic mass is 9.95. The zero-order valence-electron chi connectivity index (χ0n) is 15.2. The van der Waals surface area contributed by atoms with E-state index < -0.39 is 17.6 Å². The minimum absolute atomic E-state index is 0.0996. The van der Waals surface area contributed by atoms with Crippen molar-refractivity contribution in [2.24, 2.45) is 7.05 Å². The highest BCUT2D eigenvalue weighted by Gasteiger charge is 2.35. The maximum absolute atomic E-state index is 13.9. The van der Waals surface area contributed by atoms with Gasteiger partial charge in [0.2, 0.25) is 5.91 Å². The maximum Gasteiger partial charge on any atom is 0.254 e. The van der Waals surface area contributed by atoms with E-state index in [0.717, 1.165) is 5.56 Å². The van der Waals surface area contributed by atoms with E-state index in [1.165, 1.54) is 12.1 Å². The highest BCUT2D eigenvalue weighted by atomic mass is 19.1. The number of nitrogens with zero attached hydrogens (tertiary/aromatic N) is 4. The Bertz CT molecular complexity index is 1030. The predicted octanol–water partition coefficient (Wildman–Crippen LogP) is 2.33. The van der Waals surface area contributed by atoms with E-state index in [9.17, 15) is 14.0 Å². The summed E-state index contributed by atoms with van der Waals surface area (Å²) >= 11 is 0. The molecule has 1 aliphatic rings. The van der Waals surface area contributed by atoms with Crippen LogP contribution in [-0.2, 0) is 18.4 Å². The highest BCUT2D eigenvalue weighted by molar-refractivity contribution is 5.98. The van der Waals surface area contributed by atoms with Gasteiger partial charge >= 0.3 is 0 Å². The van der Waals surface area contributed by atoms with Crippen molar-refractivity contribution < 1.29 is 14.0 Å². The van der Waals surface area contributed by atoms with E-state index in [0.29, 0.717) is 17.8 Å². The largest absolute Gasteiger partial charge is 0.333 e. The number of hydrogen-bond acceptors (Lipinski definition) is 4. The Labute approximate surface area is 160 Å². The molecule has 0 bridgehead atoms. The molecule has 142 valence electrons. The highest BCUT2D eigenvalue weighted by Crippen LogP contribution is 2.29. The average molecular weight is 379 g/mol. The molecular weight excluding hydrogens is 361 g/mol. The SMILES string of the molecule is Cn1cc2c(n1)[C@H](C(=O)Nc1ccccc1F)CN(C(=O)c1ccncc1)C2. The van der Waals surface area contributed by atoms with E-state index in [2.05, 4.69) is 15.4 Å². The summed E-state index contributed by atoms with van der Waals surface area (Å²) in [4.78, 5) is 31.3. The third kappa shape index (κ3) is 3.36. The molecule has 0 radical (unpaired) electrons. The first kappa shape index (κ1) is 17.8. The van der Waals surface area contributed by atoms with Gasteiger partial charge in [0.15, 0.2) is 0 Å². The summed E-state index contributed by atoms with van der Waals surface area (Å²) in [6.45, 7) is 0.513. The summed E-state index contributed by atoms with van der Waals surface area (Å²) in [6.07, 6.45) is 4.90. The van der Waals surface area contributed by atoms with Crippen LogP contribution in [-0.4, -0.2) is 38.0 Å². The number of aromatic nitrogens is 3. The molecule has 4 rings (SSSR count). The number of para-hydroxylation sites is 1. The van der Waals surface area contributed by atoms with Crippen LogP contribution in [0.2, 0.25) is 0 Å². The molecule has 0 unspecified atom stereocenters. The van der Waals surface area contributed by atoms with Gasteiger partial charge in [0, 0.05) is 49.9 Å². The Kier molecular flexibility index (Phi) is 4.60. The van der Waals surface area contributed by atoms with Crippen molar-refractivity contribution >= 4 is 17.5 Å². The van der Waals surface area contributed by atoms with Crippen LogP contribution in [0.15, 0.2) is 55.0 Å². The van der Waals surface area contributed by atoms with Crippen LogP contribution < -0.4 is 5.32 Å². The summed E-state index contributed by atoms with van der Waals surface area (Å²) in [5, 5.41) is 7.02. The van der Waals surface area contributed by atoms with Gasteiger partial charge in [0.1, 0.15) is 11.7 Å². The summed E-state index contributed by atoms with van der Waals surface area (Å²) in [6, 6.07) is 9.24. The number of pyridine rings is 1. The summed E-state index contributed by atoms with van der Waals surface area (Å²) in [7, 11) is 1.76. The Morgan fingerprint density at radius 3 is 2.68 bits per heavy atom. The molecule has 1 aliphatic heterocycles. The molecule has 8 heteroatoms. The molecular formula is C20H18FN5O2. The predicted molar refractivity (Wildman–Crippen MR) is 100.0 cm³/mol. The molecule has 7 nitrogen and oxygen atoms in total. The van der Waals surface area contributed by atoms with E-state index in [1.54, 1.807) is 59.5 Å². The minimum atomic E-state index is -0.699. The first-order valence-corrected chi connectivity index (χ1v) is 8.80. The number of hydrogen-bond donors (Lipinski definition) is 1. The van der Waals surface area contributed by atoms with Crippen molar-refractivity contribution in [2.75, 3.05) is 11.9 Å². The van der Waals surface area contributed by atoms with Crippen molar-refractivity contribution in [3.63, 3.8) is 0 Å². The number of rotatable bonds is 3. The monoisotopic (exact) mass is 379 g/mol. The zero-order valence-corrected chi connectivity index (χ0v) is 15.2. The van der Waals surface area contributed by atoms with Gasteiger partial charge in [0.25, 0.3) is 5.91 Å². The molecule has 0 fully saturated rings. The zero-order chi connectivity index (χ0) is 19.7. The Morgan fingerprint density at radius 2 is 1.93 bits per heavy atom. The summed E-state index contributed by atoms with van der Waals surface area (Å²) in [5.41, 5.74) is 2.00. The number of aryl methyl sites for hydroxylation is 1. The standard InChI is InChI=1S/C20H18FN5O2/c1-25-10-14-11-26(20(28)13-6-8-22-9-7-13)12-15(18(14)24-25)19(27)23-17-5-3-2-4-16(17)21/h2-10,15H,11-12H2,1H3,(H,23,27)/t15-/m1/s1. The molecule has 3 aromatic rings. The molecule has 2 amide bonds. The number of halogens is 1. The molecule has 0 saturated heterocycles. The summed E-state index contributed by atoms with van der Waals surface area (Å²) in [5.74, 6) is -1.81. The van der Waals surface area contributed by atoms with E-state index in [1.807, 2.05) is 0 Å². The minimum Gasteiger partial charge on any atom is -0.333 e. The molecule has 0 saturated carbocycles. The second-order valence-electron chi connectivity index (χ2n) is 6.66. The van der Waals surface area contributed by atoms with Gasteiger partial charge in [-0.25, -0.2) is 4.39 Å². The van der Waals surface area contributed by atoms with Crippen LogP contribution in [0.25, 0.3) is 0 Å². The van der Waals surface area contributed by atoms with E-state index >= 15 is 0 Å². The third-order valence-corrected chi connectivity index (χ3v) is 4.69. The van der Waals surface area contributed by atoms with Gasteiger partial charge in [-0.15, -0.1) is 0 Å². The number of carbonyl (C=O) groups is 2. The first-order valence-electron chi connectivity index (χ1n) is 8.80. The molecule has 0 aliphatic carbocycles. The van der Waals surface area contributed by atoms with Crippen LogP contribution in [0.4, 0.5) is 10.1 Å². The van der Waals surface area contributed by atoms with Crippen molar-refractivity contribution in [2.45, 2.75) is 12.5 Å². The van der Waals surface area contributed by atoms with Crippen molar-refractivity contribution in [3.8, 4) is 0 Å². The Hall–Kier alpha value is -3.55. The number of anilines is 1. The van der Waals surface area contributed by atoms with E-state index in [-0.39, 0.29) is 18.1 Å². The Morgan fingerprint density at radius 1 is 1.18 bits per heavy atom. The smallest absolute Gasteiger partial charge is 0.254 e. The number of fused-ring (bicyclic) bond motifs is 1. The van der Waals surface area contributed by atoms with Crippen LogP contribution in [0.1, 0.15) is 27.5 Å². The number of nitrogens with one attached hydrogen (secondary N) is 1. The van der Waals surface area contributed by atoms with Gasteiger partial charge in [-0.3, -0.25) is 19.3 Å². The van der Waals surface area contributed by atoms with Gasteiger partial charge in [-0.1, -0.05) is 12.1 Å². The van der Waals surface area contributed by atoms with E-state index in [4.69, 9.17) is 0 Å². The number of benzene rings is 1. The quantitative estimate of drug-likeness (QED) is 0.758. The molecule has 2 aromatic heterocycles. The second kappa shape index (κ2) is 7.22. The fourth-order valence-electron chi connectivity index (χ4n) is 3.37. The maximum atomic E-state index is 13.9. The molecule has 3 heterocycles. The van der Waals surface area contributed by atoms with Crippen LogP contribution >= 0.6 is 0 Å². The number of carbonyl (C=O) groups excluding carboxylic acids is 2. The normalized spacial score (nSPS) is 15.8. The third-order valence-electron chi connectivity index (χ3n) is 4.69. The lowest BCUT2D eigenvalue weighted by Gasteiger charge is -2.31. The van der Waals surface area contributed by atoms with Crippen LogP contribution in [0.3, 0.4) is 0 Å². The lowest BCUT2D eigenvalue weighted by molar-refractivity contribution is -0.118. The Balaban J connectivity index is 1.63. The molecule has 1 N–H and O–H groups in total.